The predicted molar refractivity (Wildman–Crippen MR) is 119 cm³/mol. The lowest BCUT2D eigenvalue weighted by Crippen LogP contribution is -2.36. The van der Waals surface area contributed by atoms with Gasteiger partial charge < -0.3 is 18.9 Å². The van der Waals surface area contributed by atoms with Crippen molar-refractivity contribution in [1.29, 1.82) is 0 Å². The van der Waals surface area contributed by atoms with Crippen molar-refractivity contribution in [2.24, 2.45) is 4.99 Å². The molecule has 2 aromatic rings. The first-order chi connectivity index (χ1) is 15.2. The number of rotatable bonds is 5. The molecule has 1 amide bonds. The van der Waals surface area contributed by atoms with E-state index in [0.717, 1.165) is 30.7 Å². The summed E-state index contributed by atoms with van der Waals surface area (Å²) in [7, 11) is 1.59. The zero-order valence-corrected chi connectivity index (χ0v) is 17.9. The third-order valence-corrected chi connectivity index (χ3v) is 6.30. The summed E-state index contributed by atoms with van der Waals surface area (Å²) >= 11 is 1.36. The van der Waals surface area contributed by atoms with Gasteiger partial charge in [-0.05, 0) is 48.9 Å². The fourth-order valence-electron chi connectivity index (χ4n) is 3.73. The number of carbonyl (C=O) groups is 1. The normalized spacial score (nSPS) is 22.7. The average molecular weight is 439 g/mol. The van der Waals surface area contributed by atoms with Gasteiger partial charge in [-0.2, -0.15) is 0 Å². The number of para-hydroxylation sites is 1. The molecule has 3 heterocycles. The quantitative estimate of drug-likeness (QED) is 0.652. The van der Waals surface area contributed by atoms with Crippen LogP contribution >= 0.6 is 11.8 Å². The lowest BCUT2D eigenvalue weighted by atomic mass is 10.1. The van der Waals surface area contributed by atoms with Crippen molar-refractivity contribution in [3.8, 4) is 17.2 Å². The SMILES string of the molecule is COc1cc2c(cc1/C=C1/SC(=Nc3ccccc3)N(C[C@@H]3CCCO3)C1=O)OCO2. The topological polar surface area (TPSA) is 69.6 Å². The van der Waals surface area contributed by atoms with Gasteiger partial charge in [0.05, 0.1) is 30.4 Å². The van der Waals surface area contributed by atoms with E-state index in [2.05, 4.69) is 0 Å². The van der Waals surface area contributed by atoms with Crippen LogP contribution in [0.1, 0.15) is 18.4 Å². The number of hydrogen-bond acceptors (Lipinski definition) is 7. The number of aliphatic imine (C=N–C) groups is 1. The number of amidine groups is 1. The number of methoxy groups -OCH3 is 1. The molecule has 0 radical (unpaired) electrons. The predicted octanol–water partition coefficient (Wildman–Crippen LogP) is 4.21. The lowest BCUT2D eigenvalue weighted by molar-refractivity contribution is -0.123. The minimum absolute atomic E-state index is 0.0324. The molecule has 0 N–H and O–H groups in total. The fraction of sp³-hybridized carbons (Fsp3) is 0.304. The third kappa shape index (κ3) is 4.13. The summed E-state index contributed by atoms with van der Waals surface area (Å²) in [4.78, 5) is 20.4. The van der Waals surface area contributed by atoms with E-state index in [1.54, 1.807) is 18.1 Å². The molecule has 160 valence electrons. The highest BCUT2D eigenvalue weighted by molar-refractivity contribution is 8.18. The van der Waals surface area contributed by atoms with Gasteiger partial charge in [-0.25, -0.2) is 4.99 Å². The van der Waals surface area contributed by atoms with E-state index >= 15 is 0 Å². The van der Waals surface area contributed by atoms with Gasteiger partial charge in [0.15, 0.2) is 16.7 Å². The summed E-state index contributed by atoms with van der Waals surface area (Å²) in [6.45, 7) is 1.41. The molecule has 2 fully saturated rings. The van der Waals surface area contributed by atoms with Crippen molar-refractivity contribution in [2.75, 3.05) is 27.1 Å². The van der Waals surface area contributed by atoms with Crippen LogP contribution in [0.3, 0.4) is 0 Å². The zero-order chi connectivity index (χ0) is 21.2. The van der Waals surface area contributed by atoms with Crippen LogP contribution < -0.4 is 14.2 Å². The molecule has 0 aromatic heterocycles. The Kier molecular flexibility index (Phi) is 5.57. The van der Waals surface area contributed by atoms with Crippen molar-refractivity contribution in [1.82, 2.24) is 4.90 Å². The first-order valence-electron chi connectivity index (χ1n) is 10.2. The molecule has 0 aliphatic carbocycles. The van der Waals surface area contributed by atoms with Crippen LogP contribution in [-0.2, 0) is 9.53 Å². The van der Waals surface area contributed by atoms with E-state index in [0.29, 0.717) is 33.9 Å². The zero-order valence-electron chi connectivity index (χ0n) is 17.1. The first kappa shape index (κ1) is 20.0. The molecule has 2 aromatic carbocycles. The van der Waals surface area contributed by atoms with Crippen molar-refractivity contribution >= 4 is 34.6 Å². The van der Waals surface area contributed by atoms with Gasteiger partial charge in [0, 0.05) is 18.2 Å². The van der Waals surface area contributed by atoms with Crippen molar-refractivity contribution in [3.63, 3.8) is 0 Å². The highest BCUT2D eigenvalue weighted by Gasteiger charge is 2.36. The Bertz CT molecular complexity index is 1050. The average Bonchev–Trinajstić information content (AvgIpc) is 3.52. The summed E-state index contributed by atoms with van der Waals surface area (Å²) < 4.78 is 22.2. The largest absolute Gasteiger partial charge is 0.496 e. The van der Waals surface area contributed by atoms with E-state index in [-0.39, 0.29) is 18.8 Å². The molecule has 2 saturated heterocycles. The third-order valence-electron chi connectivity index (χ3n) is 5.29. The second kappa shape index (κ2) is 8.64. The summed E-state index contributed by atoms with van der Waals surface area (Å²) in [6, 6.07) is 13.3. The summed E-state index contributed by atoms with van der Waals surface area (Å²) in [6.07, 6.45) is 3.82. The molecule has 5 rings (SSSR count). The maximum absolute atomic E-state index is 13.3. The molecule has 31 heavy (non-hydrogen) atoms. The van der Waals surface area contributed by atoms with E-state index in [9.17, 15) is 4.79 Å². The smallest absolute Gasteiger partial charge is 0.266 e. The number of benzene rings is 2. The minimum Gasteiger partial charge on any atom is -0.496 e. The molecule has 3 aliphatic heterocycles. The maximum atomic E-state index is 13.3. The van der Waals surface area contributed by atoms with Crippen LogP contribution in [0.15, 0.2) is 52.4 Å². The molecule has 0 spiro atoms. The summed E-state index contributed by atoms with van der Waals surface area (Å²) in [5, 5.41) is 0.651. The number of fused-ring (bicyclic) bond motifs is 1. The molecular weight excluding hydrogens is 416 g/mol. The molecule has 3 aliphatic rings. The Labute approximate surface area is 184 Å². The monoisotopic (exact) mass is 438 g/mol. The van der Waals surface area contributed by atoms with Crippen LogP contribution in [0.5, 0.6) is 17.2 Å². The number of amides is 1. The fourth-order valence-corrected chi connectivity index (χ4v) is 4.73. The van der Waals surface area contributed by atoms with Crippen molar-refractivity contribution in [3.05, 3.63) is 52.9 Å². The van der Waals surface area contributed by atoms with Crippen LogP contribution in [0, 0.1) is 0 Å². The molecule has 0 unspecified atom stereocenters. The van der Waals surface area contributed by atoms with Gasteiger partial charge in [0.25, 0.3) is 5.91 Å². The Morgan fingerprint density at radius 3 is 2.77 bits per heavy atom. The van der Waals surface area contributed by atoms with Gasteiger partial charge >= 0.3 is 0 Å². The maximum Gasteiger partial charge on any atom is 0.266 e. The Morgan fingerprint density at radius 1 is 1.23 bits per heavy atom. The van der Waals surface area contributed by atoms with Gasteiger partial charge in [-0.3, -0.25) is 9.69 Å². The minimum atomic E-state index is -0.0881. The highest BCUT2D eigenvalue weighted by atomic mass is 32.2. The second-order valence-electron chi connectivity index (χ2n) is 7.34. The number of ether oxygens (including phenoxy) is 4. The Hall–Kier alpha value is -2.97. The molecular formula is C23H22N2O5S. The van der Waals surface area contributed by atoms with Gasteiger partial charge in [-0.15, -0.1) is 0 Å². The second-order valence-corrected chi connectivity index (χ2v) is 8.35. The van der Waals surface area contributed by atoms with Crippen molar-refractivity contribution < 1.29 is 23.7 Å². The molecule has 1 atom stereocenters. The Morgan fingerprint density at radius 2 is 2.03 bits per heavy atom. The summed E-state index contributed by atoms with van der Waals surface area (Å²) in [5.74, 6) is 1.80. The number of carbonyl (C=O) groups excluding carboxylic acids is 1. The molecule has 0 saturated carbocycles. The molecule has 0 bridgehead atoms. The van der Waals surface area contributed by atoms with Crippen LogP contribution in [0.4, 0.5) is 5.69 Å². The molecule has 7 nitrogen and oxygen atoms in total. The van der Waals surface area contributed by atoms with Crippen LogP contribution in [0.2, 0.25) is 0 Å². The van der Waals surface area contributed by atoms with Crippen LogP contribution in [-0.4, -0.2) is 49.1 Å². The van der Waals surface area contributed by atoms with E-state index < -0.39 is 0 Å². The number of thioether (sulfide) groups is 1. The molecule has 8 heteroatoms. The summed E-state index contributed by atoms with van der Waals surface area (Å²) in [5.41, 5.74) is 1.55. The number of hydrogen-bond donors (Lipinski definition) is 0. The van der Waals surface area contributed by atoms with Gasteiger partial charge in [0.2, 0.25) is 6.79 Å². The lowest BCUT2D eigenvalue weighted by Gasteiger charge is -2.19. The van der Waals surface area contributed by atoms with E-state index in [1.807, 2.05) is 42.5 Å². The standard InChI is InChI=1S/C23H22N2O5S/c1-27-18-12-20-19(29-14-30-20)10-15(18)11-21-22(26)25(13-17-8-5-9-28-17)23(31-21)24-16-6-3-2-4-7-16/h2-4,6-7,10-12,17H,5,8-9,13-14H2,1H3/b21-11+,24-23?/t17-/m0/s1. The Balaban J connectivity index is 1.49. The van der Waals surface area contributed by atoms with Gasteiger partial charge in [-0.1, -0.05) is 18.2 Å². The van der Waals surface area contributed by atoms with Crippen LogP contribution in [0.25, 0.3) is 6.08 Å². The van der Waals surface area contributed by atoms with E-state index in [4.69, 9.17) is 23.9 Å². The van der Waals surface area contributed by atoms with Gasteiger partial charge in [0.1, 0.15) is 5.75 Å². The van der Waals surface area contributed by atoms with E-state index in [1.165, 1.54) is 11.8 Å². The first-order valence-corrected chi connectivity index (χ1v) is 11.0. The van der Waals surface area contributed by atoms with Crippen molar-refractivity contribution in [2.45, 2.75) is 18.9 Å². The number of nitrogens with zero attached hydrogens (tertiary/aromatic N) is 2. The highest BCUT2D eigenvalue weighted by Crippen LogP contribution is 2.41.